The molecule has 9 heteroatoms. The van der Waals surface area contributed by atoms with E-state index in [0.29, 0.717) is 25.4 Å². The number of ether oxygens (including phenoxy) is 1. The smallest absolute Gasteiger partial charge is 0.264 e. The third-order valence-electron chi connectivity index (χ3n) is 4.95. The molecule has 2 unspecified atom stereocenters. The van der Waals surface area contributed by atoms with Crippen LogP contribution in [0, 0.1) is 0 Å². The first kappa shape index (κ1) is 20.1. The summed E-state index contributed by atoms with van der Waals surface area (Å²) in [5, 5.41) is 9.12. The minimum atomic E-state index is -3.77. The van der Waals surface area contributed by atoms with Crippen LogP contribution in [0.2, 0.25) is 0 Å². The second-order valence-electron chi connectivity index (χ2n) is 7.50. The van der Waals surface area contributed by atoms with E-state index in [2.05, 4.69) is 0 Å². The highest BCUT2D eigenvalue weighted by Gasteiger charge is 2.50. The molecule has 2 aliphatic rings. The molecule has 1 N–H and O–H groups in total. The second kappa shape index (κ2) is 7.38. The van der Waals surface area contributed by atoms with Crippen LogP contribution in [-0.2, 0) is 19.1 Å². The zero-order valence-electron chi connectivity index (χ0n) is 15.8. The number of amides is 1. The van der Waals surface area contributed by atoms with E-state index in [1.165, 1.54) is 0 Å². The number of carbonyl (C=O) groups is 1. The zero-order valence-corrected chi connectivity index (χ0v) is 16.6. The number of benzene rings is 1. The highest BCUT2D eigenvalue weighted by atomic mass is 32.2. The Hall–Kier alpha value is -1.68. The van der Waals surface area contributed by atoms with Crippen molar-refractivity contribution in [3.05, 3.63) is 29.8 Å². The van der Waals surface area contributed by atoms with E-state index < -0.39 is 27.9 Å². The summed E-state index contributed by atoms with van der Waals surface area (Å²) >= 11 is 0. The van der Waals surface area contributed by atoms with Crippen molar-refractivity contribution < 1.29 is 27.2 Å². The number of para-hydroxylation sites is 1. The van der Waals surface area contributed by atoms with Gasteiger partial charge in [0.15, 0.2) is 0 Å². The maximum absolute atomic E-state index is 12.9. The Bertz CT molecular complexity index is 810. The van der Waals surface area contributed by atoms with Crippen LogP contribution in [0.4, 0.5) is 0 Å². The number of fused-ring (bicyclic) bond motifs is 1. The molecule has 1 amide bonds. The molecular formula is C18H26N2O6S. The highest BCUT2D eigenvalue weighted by molar-refractivity contribution is 7.86. The normalized spacial score (nSPS) is 25.8. The Morgan fingerprint density at radius 3 is 2.63 bits per heavy atom. The fraction of sp³-hybridized carbons (Fsp3) is 0.611. The average molecular weight is 398 g/mol. The molecule has 150 valence electrons. The Morgan fingerprint density at radius 2 is 2.00 bits per heavy atom. The van der Waals surface area contributed by atoms with Gasteiger partial charge in [0, 0.05) is 25.2 Å². The molecule has 1 fully saturated rings. The van der Waals surface area contributed by atoms with E-state index in [-0.39, 0.29) is 19.1 Å². The number of carbonyl (C=O) groups excluding carboxylic acids is 1. The lowest BCUT2D eigenvalue weighted by molar-refractivity contribution is -0.148. The Labute approximate surface area is 159 Å². The molecule has 0 spiro atoms. The van der Waals surface area contributed by atoms with Gasteiger partial charge in [-0.15, -0.1) is 0 Å². The van der Waals surface area contributed by atoms with Crippen molar-refractivity contribution in [3.8, 4) is 5.75 Å². The number of piperazine rings is 1. The molecule has 0 saturated carbocycles. The molecule has 0 radical (unpaired) electrons. The van der Waals surface area contributed by atoms with Crippen LogP contribution in [0.25, 0.3) is 0 Å². The lowest BCUT2D eigenvalue weighted by Gasteiger charge is -2.49. The molecule has 0 bridgehead atoms. The van der Waals surface area contributed by atoms with Crippen LogP contribution in [0.3, 0.4) is 0 Å². The predicted octanol–water partition coefficient (Wildman–Crippen LogP) is 0.380. The molecule has 0 aliphatic carbocycles. The Balaban J connectivity index is 2.01. The van der Waals surface area contributed by atoms with Gasteiger partial charge >= 0.3 is 0 Å². The first-order valence-electron chi connectivity index (χ1n) is 8.91. The molecule has 2 atom stereocenters. The summed E-state index contributed by atoms with van der Waals surface area (Å²) in [4.78, 5) is 16.4. The van der Waals surface area contributed by atoms with Gasteiger partial charge in [-0.05, 0) is 19.9 Å². The summed E-state index contributed by atoms with van der Waals surface area (Å²) in [5.74, 6) is 0.487. The molecule has 0 aromatic heterocycles. The van der Waals surface area contributed by atoms with Gasteiger partial charge in [0.1, 0.15) is 17.5 Å². The Kier molecular flexibility index (Phi) is 5.49. The van der Waals surface area contributed by atoms with E-state index in [4.69, 9.17) is 14.0 Å². The number of nitrogens with zero attached hydrogens (tertiary/aromatic N) is 2. The minimum absolute atomic E-state index is 0.0137. The fourth-order valence-electron chi connectivity index (χ4n) is 3.75. The van der Waals surface area contributed by atoms with E-state index in [1.54, 1.807) is 18.7 Å². The summed E-state index contributed by atoms with van der Waals surface area (Å²) in [5.41, 5.74) is -0.223. The topological polar surface area (TPSA) is 96.4 Å². The molecule has 2 heterocycles. The monoisotopic (exact) mass is 398 g/mol. The number of aliphatic hydroxyl groups is 1. The molecule has 3 rings (SSSR count). The summed E-state index contributed by atoms with van der Waals surface area (Å²) in [6.07, 6.45) is 0.123. The van der Waals surface area contributed by atoms with Gasteiger partial charge in [-0.1, -0.05) is 18.2 Å². The lowest BCUT2D eigenvalue weighted by atomic mass is 9.85. The van der Waals surface area contributed by atoms with Gasteiger partial charge in [-0.3, -0.25) is 13.9 Å². The Morgan fingerprint density at radius 1 is 1.30 bits per heavy atom. The minimum Gasteiger partial charge on any atom is -0.485 e. The standard InChI is InChI=1S/C18H26N2O6S/c1-18(2)17(26-27(3,23)24)16(13-6-4-5-7-14(13)25-18)20-9-8-19(10-11-21)12-15(20)22/h4-7,16-17,21H,8-12H2,1-3H3. The molecule has 27 heavy (non-hydrogen) atoms. The summed E-state index contributed by atoms with van der Waals surface area (Å²) in [6.45, 7) is 5.12. The van der Waals surface area contributed by atoms with Crippen molar-refractivity contribution in [1.29, 1.82) is 0 Å². The third kappa shape index (κ3) is 4.26. The van der Waals surface area contributed by atoms with Gasteiger partial charge in [-0.25, -0.2) is 0 Å². The highest BCUT2D eigenvalue weighted by Crippen LogP contribution is 2.45. The molecule has 1 aromatic carbocycles. The number of rotatable bonds is 5. The number of aliphatic hydroxyl groups excluding tert-OH is 1. The van der Waals surface area contributed by atoms with Crippen LogP contribution in [0.5, 0.6) is 5.75 Å². The van der Waals surface area contributed by atoms with Crippen LogP contribution in [-0.4, -0.2) is 80.0 Å². The van der Waals surface area contributed by atoms with Crippen molar-refractivity contribution in [3.63, 3.8) is 0 Å². The first-order chi connectivity index (χ1) is 12.6. The second-order valence-corrected chi connectivity index (χ2v) is 9.10. The van der Waals surface area contributed by atoms with E-state index in [9.17, 15) is 13.2 Å². The van der Waals surface area contributed by atoms with Gasteiger partial charge in [-0.2, -0.15) is 8.42 Å². The molecule has 1 aromatic rings. The van der Waals surface area contributed by atoms with Gasteiger partial charge in [0.2, 0.25) is 5.91 Å². The molecular weight excluding hydrogens is 372 g/mol. The van der Waals surface area contributed by atoms with Crippen molar-refractivity contribution in [2.45, 2.75) is 31.6 Å². The van der Waals surface area contributed by atoms with Crippen LogP contribution in [0.1, 0.15) is 25.5 Å². The van der Waals surface area contributed by atoms with Gasteiger partial charge < -0.3 is 14.7 Å². The van der Waals surface area contributed by atoms with E-state index in [0.717, 1.165) is 11.8 Å². The maximum atomic E-state index is 12.9. The molecule has 2 aliphatic heterocycles. The molecule has 8 nitrogen and oxygen atoms in total. The molecule has 1 saturated heterocycles. The predicted molar refractivity (Wildman–Crippen MR) is 98.8 cm³/mol. The summed E-state index contributed by atoms with van der Waals surface area (Å²) in [7, 11) is -3.77. The third-order valence-corrected chi connectivity index (χ3v) is 5.51. The van der Waals surface area contributed by atoms with Crippen molar-refractivity contribution in [2.75, 3.05) is 39.0 Å². The quantitative estimate of drug-likeness (QED) is 0.716. The van der Waals surface area contributed by atoms with Crippen molar-refractivity contribution in [1.82, 2.24) is 9.80 Å². The zero-order chi connectivity index (χ0) is 19.8. The van der Waals surface area contributed by atoms with Crippen molar-refractivity contribution >= 4 is 16.0 Å². The van der Waals surface area contributed by atoms with Crippen molar-refractivity contribution in [2.24, 2.45) is 0 Å². The summed E-state index contributed by atoms with van der Waals surface area (Å²) < 4.78 is 35.3. The fourth-order valence-corrected chi connectivity index (χ4v) is 4.47. The van der Waals surface area contributed by atoms with Crippen LogP contribution >= 0.6 is 0 Å². The van der Waals surface area contributed by atoms with Crippen LogP contribution < -0.4 is 4.74 Å². The van der Waals surface area contributed by atoms with E-state index >= 15 is 0 Å². The number of hydrogen-bond acceptors (Lipinski definition) is 7. The van der Waals surface area contributed by atoms with Gasteiger partial charge in [0.25, 0.3) is 10.1 Å². The van der Waals surface area contributed by atoms with E-state index in [1.807, 2.05) is 29.2 Å². The van der Waals surface area contributed by atoms with Gasteiger partial charge in [0.05, 0.1) is 25.4 Å². The number of β-amino-alcohol motifs (C(OH)–C–C–N with tert-alkyl or cyclic N) is 1. The largest absolute Gasteiger partial charge is 0.485 e. The average Bonchev–Trinajstić information content (AvgIpc) is 2.55. The lowest BCUT2D eigenvalue weighted by Crippen LogP contribution is -2.60. The first-order valence-corrected chi connectivity index (χ1v) is 10.7. The summed E-state index contributed by atoms with van der Waals surface area (Å²) in [6, 6.07) is 6.74. The van der Waals surface area contributed by atoms with Crippen LogP contribution in [0.15, 0.2) is 24.3 Å². The number of hydrogen-bond donors (Lipinski definition) is 1. The maximum Gasteiger partial charge on any atom is 0.264 e. The SMILES string of the molecule is CC1(C)Oc2ccccc2C(N2CCN(CCO)CC2=O)C1OS(C)(=O)=O.